The lowest BCUT2D eigenvalue weighted by atomic mass is 9.91. The van der Waals surface area contributed by atoms with E-state index in [0.29, 0.717) is 12.8 Å². The Hall–Kier alpha value is -1.02. The summed E-state index contributed by atoms with van der Waals surface area (Å²) in [5.74, 6) is 0. The Bertz CT molecular complexity index is 343. The molecule has 0 spiro atoms. The molecule has 0 radical (unpaired) electrons. The van der Waals surface area contributed by atoms with Gasteiger partial charge in [-0.25, -0.2) is 4.79 Å². The molecule has 0 saturated heterocycles. The molecule has 1 rings (SSSR count). The molecule has 124 valence electrons. The largest absolute Gasteiger partial charge is 0.444 e. The number of ether oxygens (including phenoxy) is 1. The van der Waals surface area contributed by atoms with Crippen LogP contribution in [0.5, 0.6) is 0 Å². The third kappa shape index (κ3) is 8.77. The van der Waals surface area contributed by atoms with E-state index < -0.39 is 24.5 Å². The summed E-state index contributed by atoms with van der Waals surface area (Å²) in [4.78, 5) is 16.1. The highest BCUT2D eigenvalue weighted by molar-refractivity contribution is 5.68. The SMILES string of the molecule is CC(C)(C)OC(=O)NC1CCCC(NOCC(F)(F)F)C1. The molecule has 0 aromatic carbocycles. The van der Waals surface area contributed by atoms with E-state index in [4.69, 9.17) is 4.74 Å². The van der Waals surface area contributed by atoms with Gasteiger partial charge in [0, 0.05) is 12.1 Å². The van der Waals surface area contributed by atoms with Gasteiger partial charge < -0.3 is 10.1 Å². The summed E-state index contributed by atoms with van der Waals surface area (Å²) in [6.45, 7) is 3.97. The van der Waals surface area contributed by atoms with E-state index >= 15 is 0 Å². The van der Waals surface area contributed by atoms with Crippen LogP contribution < -0.4 is 10.8 Å². The monoisotopic (exact) mass is 312 g/mol. The second-order valence-corrected chi connectivity index (χ2v) is 6.23. The zero-order valence-electron chi connectivity index (χ0n) is 12.5. The lowest BCUT2D eigenvalue weighted by Crippen LogP contribution is -2.46. The van der Waals surface area contributed by atoms with Crippen molar-refractivity contribution in [3.63, 3.8) is 0 Å². The zero-order chi connectivity index (χ0) is 16.1. The molecular weight excluding hydrogens is 289 g/mol. The smallest absolute Gasteiger partial charge is 0.413 e. The second kappa shape index (κ2) is 7.31. The summed E-state index contributed by atoms with van der Waals surface area (Å²) in [6, 6.07) is -0.332. The first-order valence-electron chi connectivity index (χ1n) is 6.99. The van der Waals surface area contributed by atoms with E-state index in [1.165, 1.54) is 0 Å². The fourth-order valence-corrected chi connectivity index (χ4v) is 2.14. The van der Waals surface area contributed by atoms with Crippen LogP contribution in [0.2, 0.25) is 0 Å². The molecule has 2 atom stereocenters. The topological polar surface area (TPSA) is 59.6 Å². The van der Waals surface area contributed by atoms with Gasteiger partial charge in [-0.1, -0.05) is 0 Å². The number of hydrogen-bond acceptors (Lipinski definition) is 4. The average molecular weight is 312 g/mol. The molecule has 1 saturated carbocycles. The molecule has 5 nitrogen and oxygen atoms in total. The van der Waals surface area contributed by atoms with Gasteiger partial charge in [0.25, 0.3) is 0 Å². The van der Waals surface area contributed by atoms with Gasteiger partial charge in [-0.3, -0.25) is 4.84 Å². The average Bonchev–Trinajstić information content (AvgIpc) is 2.24. The Morgan fingerprint density at radius 3 is 2.38 bits per heavy atom. The minimum absolute atomic E-state index is 0.124. The van der Waals surface area contributed by atoms with Crippen molar-refractivity contribution in [3.8, 4) is 0 Å². The van der Waals surface area contributed by atoms with E-state index in [-0.39, 0.29) is 12.1 Å². The van der Waals surface area contributed by atoms with Crippen molar-refractivity contribution in [1.29, 1.82) is 0 Å². The molecule has 2 N–H and O–H groups in total. The molecular formula is C13H23F3N2O3. The van der Waals surface area contributed by atoms with Crippen molar-refractivity contribution in [2.24, 2.45) is 0 Å². The normalized spacial score (nSPS) is 23.7. The standard InChI is InChI=1S/C13H23F3N2O3/c1-12(2,3)21-11(19)17-9-5-4-6-10(7-9)18-20-8-13(14,15)16/h9-10,18H,4-8H2,1-3H3,(H,17,19). The van der Waals surface area contributed by atoms with E-state index in [2.05, 4.69) is 15.6 Å². The summed E-state index contributed by atoms with van der Waals surface area (Å²) < 4.78 is 41.1. The first-order chi connectivity index (χ1) is 9.55. The van der Waals surface area contributed by atoms with Crippen LogP contribution in [0.1, 0.15) is 46.5 Å². The molecule has 0 heterocycles. The van der Waals surface area contributed by atoms with Gasteiger partial charge in [-0.05, 0) is 46.5 Å². The van der Waals surface area contributed by atoms with Crippen molar-refractivity contribution in [1.82, 2.24) is 10.8 Å². The fourth-order valence-electron chi connectivity index (χ4n) is 2.14. The van der Waals surface area contributed by atoms with Crippen molar-refractivity contribution >= 4 is 6.09 Å². The number of hydroxylamine groups is 1. The van der Waals surface area contributed by atoms with E-state index in [1.54, 1.807) is 20.8 Å². The van der Waals surface area contributed by atoms with Gasteiger partial charge in [0.2, 0.25) is 0 Å². The Balaban J connectivity index is 2.30. The first-order valence-corrected chi connectivity index (χ1v) is 6.99. The van der Waals surface area contributed by atoms with E-state index in [9.17, 15) is 18.0 Å². The number of rotatable bonds is 4. The summed E-state index contributed by atoms with van der Waals surface area (Å²) in [6.07, 6.45) is -2.06. The molecule has 0 aromatic heterocycles. The van der Waals surface area contributed by atoms with Gasteiger partial charge in [-0.15, -0.1) is 0 Å². The highest BCUT2D eigenvalue weighted by atomic mass is 19.4. The van der Waals surface area contributed by atoms with E-state index in [1.807, 2.05) is 0 Å². The molecule has 8 heteroatoms. The molecule has 1 aliphatic carbocycles. The maximum atomic E-state index is 12.0. The van der Waals surface area contributed by atoms with Crippen LogP contribution >= 0.6 is 0 Å². The van der Waals surface area contributed by atoms with E-state index in [0.717, 1.165) is 12.8 Å². The first kappa shape index (κ1) is 18.0. The number of halogens is 3. The summed E-state index contributed by atoms with van der Waals surface area (Å²) in [5, 5.41) is 2.73. The maximum absolute atomic E-state index is 12.0. The van der Waals surface area contributed by atoms with Crippen LogP contribution in [-0.4, -0.2) is 36.6 Å². The maximum Gasteiger partial charge on any atom is 0.413 e. The zero-order valence-corrected chi connectivity index (χ0v) is 12.5. The molecule has 0 aliphatic heterocycles. The lowest BCUT2D eigenvalue weighted by molar-refractivity contribution is -0.193. The molecule has 0 bridgehead atoms. The number of carbonyl (C=O) groups excluding carboxylic acids is 1. The number of nitrogens with one attached hydrogen (secondary N) is 2. The number of hydrogen-bond donors (Lipinski definition) is 2. The Morgan fingerprint density at radius 1 is 1.19 bits per heavy atom. The van der Waals surface area contributed by atoms with Crippen LogP contribution in [0.25, 0.3) is 0 Å². The van der Waals surface area contributed by atoms with Crippen LogP contribution in [0.3, 0.4) is 0 Å². The highest BCUT2D eigenvalue weighted by Crippen LogP contribution is 2.20. The lowest BCUT2D eigenvalue weighted by Gasteiger charge is -2.30. The van der Waals surface area contributed by atoms with Crippen molar-refractivity contribution in [2.75, 3.05) is 6.61 Å². The summed E-state index contributed by atoms with van der Waals surface area (Å²) in [7, 11) is 0. The van der Waals surface area contributed by atoms with Crippen LogP contribution in [-0.2, 0) is 9.57 Å². The quantitative estimate of drug-likeness (QED) is 0.784. The van der Waals surface area contributed by atoms with Gasteiger partial charge in [0.1, 0.15) is 5.60 Å². The van der Waals surface area contributed by atoms with Crippen LogP contribution in [0, 0.1) is 0 Å². The Morgan fingerprint density at radius 2 is 1.81 bits per heavy atom. The molecule has 0 aromatic rings. The number of amides is 1. The number of carbonyl (C=O) groups is 1. The molecule has 2 unspecified atom stereocenters. The van der Waals surface area contributed by atoms with Crippen molar-refractivity contribution in [3.05, 3.63) is 0 Å². The predicted octanol–water partition coefficient (Wildman–Crippen LogP) is 2.91. The van der Waals surface area contributed by atoms with Gasteiger partial charge in [-0.2, -0.15) is 18.7 Å². The molecule has 1 aliphatic rings. The number of alkyl halides is 3. The Labute approximate surface area is 122 Å². The minimum Gasteiger partial charge on any atom is -0.444 e. The summed E-state index contributed by atoms with van der Waals surface area (Å²) >= 11 is 0. The Kier molecular flexibility index (Phi) is 6.27. The second-order valence-electron chi connectivity index (χ2n) is 6.23. The number of alkyl carbamates (subject to hydrolysis) is 1. The van der Waals surface area contributed by atoms with Gasteiger partial charge >= 0.3 is 12.3 Å². The van der Waals surface area contributed by atoms with Crippen molar-refractivity contribution in [2.45, 2.75) is 70.3 Å². The fraction of sp³-hybridized carbons (Fsp3) is 0.923. The molecule has 1 amide bonds. The highest BCUT2D eigenvalue weighted by Gasteiger charge is 2.30. The third-order valence-corrected chi connectivity index (χ3v) is 2.88. The minimum atomic E-state index is -4.35. The van der Waals surface area contributed by atoms with Gasteiger partial charge in [0.15, 0.2) is 6.61 Å². The predicted molar refractivity (Wildman–Crippen MR) is 70.6 cm³/mol. The molecule has 1 fully saturated rings. The van der Waals surface area contributed by atoms with Crippen LogP contribution in [0.4, 0.5) is 18.0 Å². The van der Waals surface area contributed by atoms with Gasteiger partial charge in [0.05, 0.1) is 0 Å². The van der Waals surface area contributed by atoms with Crippen molar-refractivity contribution < 1.29 is 27.5 Å². The molecule has 21 heavy (non-hydrogen) atoms. The third-order valence-electron chi connectivity index (χ3n) is 2.88. The summed E-state index contributed by atoms with van der Waals surface area (Å²) in [5.41, 5.74) is 1.84. The van der Waals surface area contributed by atoms with Crippen LogP contribution in [0.15, 0.2) is 0 Å².